The topological polar surface area (TPSA) is 15.3 Å². The Morgan fingerprint density at radius 2 is 1.30 bits per heavy atom. The van der Waals surface area contributed by atoms with Crippen molar-refractivity contribution in [3.8, 4) is 0 Å². The van der Waals surface area contributed by atoms with Gasteiger partial charge in [-0.15, -0.1) is 0 Å². The molecule has 3 aliphatic heterocycles. The van der Waals surface area contributed by atoms with E-state index in [1.54, 1.807) is 11.1 Å². The third-order valence-electron chi connectivity index (χ3n) is 7.55. The fraction of sp³-hybridized carbons (Fsp3) is 0.520. The summed E-state index contributed by atoms with van der Waals surface area (Å²) in [4.78, 5) is 2.87. The van der Waals surface area contributed by atoms with Gasteiger partial charge in [-0.1, -0.05) is 67.1 Å². The molecule has 2 atom stereocenters. The molecule has 1 aliphatic carbocycles. The number of likely N-dealkylation sites (tertiary alicyclic amines) is 1. The van der Waals surface area contributed by atoms with Crippen molar-refractivity contribution in [3.05, 3.63) is 71.8 Å². The second-order valence-corrected chi connectivity index (χ2v) is 9.01. The number of hydrogen-bond acceptors (Lipinski definition) is 2. The van der Waals surface area contributed by atoms with E-state index in [1.807, 2.05) is 0 Å². The van der Waals surface area contributed by atoms with Gasteiger partial charge < -0.3 is 5.32 Å². The molecule has 2 nitrogen and oxygen atoms in total. The lowest BCUT2D eigenvalue weighted by Crippen LogP contribution is -2.57. The number of fused-ring (bicyclic) bond motifs is 4. The predicted molar refractivity (Wildman–Crippen MR) is 112 cm³/mol. The van der Waals surface area contributed by atoms with E-state index >= 15 is 0 Å². The van der Waals surface area contributed by atoms with Gasteiger partial charge in [0.25, 0.3) is 0 Å². The fourth-order valence-electron chi connectivity index (χ4n) is 6.25. The van der Waals surface area contributed by atoms with Crippen LogP contribution >= 0.6 is 0 Å². The van der Waals surface area contributed by atoms with Crippen molar-refractivity contribution < 1.29 is 0 Å². The van der Waals surface area contributed by atoms with Crippen LogP contribution in [0.25, 0.3) is 0 Å². The number of benzene rings is 2. The molecule has 2 aromatic carbocycles. The average Bonchev–Trinajstić information content (AvgIpc) is 3.07. The molecule has 0 amide bonds. The lowest BCUT2D eigenvalue weighted by molar-refractivity contribution is 0.0209. The van der Waals surface area contributed by atoms with E-state index < -0.39 is 0 Å². The monoisotopic (exact) mass is 360 g/mol. The lowest BCUT2D eigenvalue weighted by Gasteiger charge is -2.52. The molecule has 3 saturated heterocycles. The Morgan fingerprint density at radius 1 is 0.741 bits per heavy atom. The summed E-state index contributed by atoms with van der Waals surface area (Å²) in [5.41, 5.74) is 3.41. The van der Waals surface area contributed by atoms with Gasteiger partial charge in [-0.2, -0.15) is 0 Å². The van der Waals surface area contributed by atoms with Crippen LogP contribution < -0.4 is 5.32 Å². The highest BCUT2D eigenvalue weighted by Gasteiger charge is 2.51. The van der Waals surface area contributed by atoms with Crippen LogP contribution in [0.5, 0.6) is 0 Å². The Labute approximate surface area is 164 Å². The van der Waals surface area contributed by atoms with Crippen LogP contribution in [0, 0.1) is 5.92 Å². The van der Waals surface area contributed by atoms with Crippen LogP contribution in [-0.2, 0) is 0 Å². The molecule has 4 aliphatic rings. The van der Waals surface area contributed by atoms with E-state index in [4.69, 9.17) is 0 Å². The highest BCUT2D eigenvalue weighted by atomic mass is 15.2. The molecule has 2 heteroatoms. The molecule has 4 fully saturated rings. The molecular weight excluding hydrogens is 328 g/mol. The van der Waals surface area contributed by atoms with Gasteiger partial charge in [-0.3, -0.25) is 4.90 Å². The summed E-state index contributed by atoms with van der Waals surface area (Å²) in [6, 6.07) is 22.7. The van der Waals surface area contributed by atoms with Crippen LogP contribution in [-0.4, -0.2) is 36.6 Å². The number of nitrogens with one attached hydrogen (secondary N) is 1. The Morgan fingerprint density at radius 3 is 1.85 bits per heavy atom. The van der Waals surface area contributed by atoms with E-state index in [0.717, 1.165) is 13.1 Å². The van der Waals surface area contributed by atoms with Gasteiger partial charge in [0.15, 0.2) is 0 Å². The second-order valence-electron chi connectivity index (χ2n) is 9.01. The summed E-state index contributed by atoms with van der Waals surface area (Å²) in [5, 5.41) is 3.91. The van der Waals surface area contributed by atoms with E-state index in [0.29, 0.717) is 23.3 Å². The summed E-state index contributed by atoms with van der Waals surface area (Å²) < 4.78 is 0. The molecular formula is C25H32N2. The van der Waals surface area contributed by atoms with Crippen LogP contribution in [0.1, 0.15) is 55.1 Å². The first kappa shape index (κ1) is 17.5. The van der Waals surface area contributed by atoms with Crippen molar-refractivity contribution in [3.63, 3.8) is 0 Å². The summed E-state index contributed by atoms with van der Waals surface area (Å²) in [5.74, 6) is 2.00. The minimum atomic E-state index is 0.314. The van der Waals surface area contributed by atoms with Crippen molar-refractivity contribution in [1.29, 1.82) is 0 Å². The first-order valence-electron chi connectivity index (χ1n) is 10.9. The maximum atomic E-state index is 3.91. The van der Waals surface area contributed by atoms with Gasteiger partial charge in [0.1, 0.15) is 0 Å². The number of rotatable bonds is 3. The molecule has 0 spiro atoms. The van der Waals surface area contributed by atoms with Crippen molar-refractivity contribution >= 4 is 0 Å². The number of hydrogen-bond donors (Lipinski definition) is 1. The van der Waals surface area contributed by atoms with Crippen molar-refractivity contribution in [2.45, 2.75) is 49.5 Å². The first-order chi connectivity index (χ1) is 13.4. The summed E-state index contributed by atoms with van der Waals surface area (Å²) >= 11 is 0. The predicted octanol–water partition coefficient (Wildman–Crippen LogP) is 4.79. The molecule has 2 bridgehead atoms. The van der Waals surface area contributed by atoms with Gasteiger partial charge >= 0.3 is 0 Å². The third-order valence-corrected chi connectivity index (χ3v) is 7.55. The highest BCUT2D eigenvalue weighted by molar-refractivity contribution is 5.31. The van der Waals surface area contributed by atoms with Crippen LogP contribution in [0.15, 0.2) is 60.7 Å². The van der Waals surface area contributed by atoms with Gasteiger partial charge in [-0.05, 0) is 74.2 Å². The molecule has 0 aromatic heterocycles. The van der Waals surface area contributed by atoms with Crippen LogP contribution in [0.2, 0.25) is 0 Å². The quantitative estimate of drug-likeness (QED) is 0.846. The van der Waals surface area contributed by atoms with Gasteiger partial charge in [0.05, 0.1) is 0 Å². The maximum Gasteiger partial charge on any atom is 0.0345 e. The van der Waals surface area contributed by atoms with E-state index in [1.165, 1.54) is 45.2 Å². The van der Waals surface area contributed by atoms with Crippen molar-refractivity contribution in [2.24, 2.45) is 5.92 Å². The van der Waals surface area contributed by atoms with E-state index in [-0.39, 0.29) is 0 Å². The molecule has 2 unspecified atom stereocenters. The first-order valence-corrected chi connectivity index (χ1v) is 10.9. The molecule has 0 radical (unpaired) electrons. The molecule has 142 valence electrons. The normalized spacial score (nSPS) is 34.3. The van der Waals surface area contributed by atoms with Crippen LogP contribution in [0.4, 0.5) is 0 Å². The average molecular weight is 361 g/mol. The zero-order valence-electron chi connectivity index (χ0n) is 16.3. The molecule has 27 heavy (non-hydrogen) atoms. The minimum Gasteiger partial charge on any atom is -0.315 e. The molecule has 6 rings (SSSR count). The SMILES string of the molecule is c1ccc(C2CC3(N4CCCCC4)CNCC2C(c2ccccc2)C3)cc1. The van der Waals surface area contributed by atoms with Crippen LogP contribution in [0.3, 0.4) is 0 Å². The number of nitrogens with zero attached hydrogens (tertiary/aromatic N) is 1. The summed E-state index contributed by atoms with van der Waals surface area (Å²) in [6.45, 7) is 4.88. The minimum absolute atomic E-state index is 0.314. The standard InChI is InChI=1S/C25H32N2/c1-4-10-20(11-5-1)22-16-25(27-14-8-3-9-15-27)17-23(24(22)18-26-19-25)21-12-6-2-7-13-21/h1-2,4-7,10-13,22-24,26H,3,8-9,14-19H2. The van der Waals surface area contributed by atoms with Crippen molar-refractivity contribution in [2.75, 3.05) is 26.2 Å². The summed E-state index contributed by atoms with van der Waals surface area (Å²) in [6.07, 6.45) is 6.79. The zero-order valence-corrected chi connectivity index (χ0v) is 16.3. The molecule has 1 saturated carbocycles. The molecule has 3 heterocycles. The Balaban J connectivity index is 1.57. The highest BCUT2D eigenvalue weighted by Crippen LogP contribution is 2.53. The number of piperidine rings is 1. The summed E-state index contributed by atoms with van der Waals surface area (Å²) in [7, 11) is 0. The van der Waals surface area contributed by atoms with E-state index in [9.17, 15) is 0 Å². The molecule has 1 N–H and O–H groups in total. The Kier molecular flexibility index (Phi) is 4.79. The third kappa shape index (κ3) is 3.23. The lowest BCUT2D eigenvalue weighted by atomic mass is 9.61. The largest absolute Gasteiger partial charge is 0.315 e. The van der Waals surface area contributed by atoms with Gasteiger partial charge in [0.2, 0.25) is 0 Å². The van der Waals surface area contributed by atoms with Gasteiger partial charge in [0, 0.05) is 12.1 Å². The van der Waals surface area contributed by atoms with E-state index in [2.05, 4.69) is 70.9 Å². The fourth-order valence-corrected chi connectivity index (χ4v) is 6.25. The Hall–Kier alpha value is -1.64. The maximum absolute atomic E-state index is 3.91. The smallest absolute Gasteiger partial charge is 0.0345 e. The molecule has 2 aromatic rings. The zero-order chi connectivity index (χ0) is 18.1. The second kappa shape index (κ2) is 7.41. The Bertz CT molecular complexity index is 686. The van der Waals surface area contributed by atoms with Crippen molar-refractivity contribution in [1.82, 2.24) is 10.2 Å². The van der Waals surface area contributed by atoms with Gasteiger partial charge in [-0.25, -0.2) is 0 Å².